The van der Waals surface area contributed by atoms with Gasteiger partial charge in [-0.25, -0.2) is 0 Å². The summed E-state index contributed by atoms with van der Waals surface area (Å²) in [5, 5.41) is 0. The molecule has 0 heterocycles. The van der Waals surface area contributed by atoms with E-state index in [9.17, 15) is 4.39 Å². The molecule has 0 bridgehead atoms. The molecule has 0 aliphatic carbocycles. The van der Waals surface area contributed by atoms with Crippen LogP contribution in [0.25, 0.3) is 0 Å². The zero-order valence-corrected chi connectivity index (χ0v) is 8.37. The van der Waals surface area contributed by atoms with Gasteiger partial charge < -0.3 is 10.5 Å². The van der Waals surface area contributed by atoms with Gasteiger partial charge in [-0.1, -0.05) is 18.2 Å². The second-order valence-corrected chi connectivity index (χ2v) is 3.22. The number of para-hydroxylation sites is 1. The molecular formula is C11H16FNO. The molecule has 0 fully saturated rings. The summed E-state index contributed by atoms with van der Waals surface area (Å²) >= 11 is 0. The van der Waals surface area contributed by atoms with E-state index in [1.807, 2.05) is 31.2 Å². The van der Waals surface area contributed by atoms with Crippen LogP contribution in [0.1, 0.15) is 24.9 Å². The van der Waals surface area contributed by atoms with Gasteiger partial charge in [0, 0.05) is 18.0 Å². The molecule has 0 amide bonds. The van der Waals surface area contributed by atoms with Crippen LogP contribution >= 0.6 is 0 Å². The van der Waals surface area contributed by atoms with E-state index in [1.165, 1.54) is 0 Å². The van der Waals surface area contributed by atoms with Crippen molar-refractivity contribution in [3.8, 4) is 5.75 Å². The molecule has 0 aromatic heterocycles. The van der Waals surface area contributed by atoms with Crippen molar-refractivity contribution in [2.75, 3.05) is 13.3 Å². The number of nitrogens with two attached hydrogens (primary N) is 1. The smallest absolute Gasteiger partial charge is 0.124 e. The third-order valence-electron chi connectivity index (χ3n) is 1.95. The lowest BCUT2D eigenvalue weighted by Gasteiger charge is -2.12. The summed E-state index contributed by atoms with van der Waals surface area (Å²) in [5.74, 6) is 0.760. The minimum absolute atomic E-state index is 0.0587. The molecule has 0 radical (unpaired) electrons. The van der Waals surface area contributed by atoms with Crippen LogP contribution in [0.3, 0.4) is 0 Å². The average molecular weight is 197 g/mol. The number of hydrogen-bond donors (Lipinski definition) is 1. The van der Waals surface area contributed by atoms with Crippen molar-refractivity contribution >= 4 is 0 Å². The highest BCUT2D eigenvalue weighted by molar-refractivity contribution is 5.35. The molecule has 2 N–H and O–H groups in total. The Labute approximate surface area is 83.9 Å². The van der Waals surface area contributed by atoms with Crippen LogP contribution in [0.4, 0.5) is 4.39 Å². The van der Waals surface area contributed by atoms with E-state index < -0.39 is 0 Å². The fourth-order valence-electron chi connectivity index (χ4n) is 1.22. The third-order valence-corrected chi connectivity index (χ3v) is 1.95. The maximum Gasteiger partial charge on any atom is 0.124 e. The molecule has 1 rings (SSSR count). The quantitative estimate of drug-likeness (QED) is 0.736. The zero-order chi connectivity index (χ0) is 10.4. The predicted octanol–water partition coefficient (Wildman–Crippen LogP) is 2.44. The summed E-state index contributed by atoms with van der Waals surface area (Å²) in [4.78, 5) is 0. The van der Waals surface area contributed by atoms with E-state index in [1.54, 1.807) is 0 Å². The molecule has 0 spiro atoms. The number of halogens is 1. The number of benzene rings is 1. The molecule has 0 aliphatic heterocycles. The van der Waals surface area contributed by atoms with Crippen LogP contribution in [0.2, 0.25) is 0 Å². The zero-order valence-electron chi connectivity index (χ0n) is 8.37. The lowest BCUT2D eigenvalue weighted by Crippen LogP contribution is -2.08. The van der Waals surface area contributed by atoms with Crippen molar-refractivity contribution in [3.63, 3.8) is 0 Å². The highest BCUT2D eigenvalue weighted by Gasteiger charge is 2.06. The Kier molecular flexibility index (Phi) is 4.40. The molecule has 14 heavy (non-hydrogen) atoms. The minimum atomic E-state index is -0.347. The molecule has 3 heteroatoms. The molecule has 1 aromatic rings. The largest absolute Gasteiger partial charge is 0.493 e. The number of hydrogen-bond acceptors (Lipinski definition) is 2. The molecule has 1 atom stereocenters. The number of rotatable bonds is 5. The monoisotopic (exact) mass is 197 g/mol. The van der Waals surface area contributed by atoms with Crippen molar-refractivity contribution in [2.45, 2.75) is 19.4 Å². The third kappa shape index (κ3) is 3.00. The second-order valence-electron chi connectivity index (χ2n) is 3.22. The van der Waals surface area contributed by atoms with Gasteiger partial charge in [0.1, 0.15) is 5.75 Å². The van der Waals surface area contributed by atoms with Gasteiger partial charge in [0.15, 0.2) is 0 Å². The number of alkyl halides is 1. The summed E-state index contributed by atoms with van der Waals surface area (Å²) in [7, 11) is 0. The molecule has 1 aromatic carbocycles. The van der Waals surface area contributed by atoms with E-state index in [4.69, 9.17) is 10.5 Å². The first-order chi connectivity index (χ1) is 6.75. The first-order valence-corrected chi connectivity index (χ1v) is 4.79. The molecule has 0 unspecified atom stereocenters. The fraction of sp³-hybridized carbons (Fsp3) is 0.455. The van der Waals surface area contributed by atoms with Gasteiger partial charge in [0.2, 0.25) is 0 Å². The summed E-state index contributed by atoms with van der Waals surface area (Å²) in [6.45, 7) is 1.96. The van der Waals surface area contributed by atoms with Crippen LogP contribution in [-0.2, 0) is 0 Å². The van der Waals surface area contributed by atoms with Crippen molar-refractivity contribution in [2.24, 2.45) is 5.73 Å². The maximum atomic E-state index is 11.9. The Morgan fingerprint density at radius 1 is 1.43 bits per heavy atom. The molecular weight excluding hydrogens is 181 g/mol. The van der Waals surface area contributed by atoms with E-state index in [0.29, 0.717) is 13.0 Å². The maximum absolute atomic E-state index is 11.9. The Bertz CT molecular complexity index is 276. The summed E-state index contributed by atoms with van der Waals surface area (Å²) in [6, 6.07) is 7.53. The van der Waals surface area contributed by atoms with E-state index in [-0.39, 0.29) is 12.7 Å². The lowest BCUT2D eigenvalue weighted by molar-refractivity contribution is 0.286. The first kappa shape index (κ1) is 11.0. The lowest BCUT2D eigenvalue weighted by atomic mass is 10.1. The Morgan fingerprint density at radius 2 is 2.14 bits per heavy atom. The number of ether oxygens (including phenoxy) is 1. The first-order valence-electron chi connectivity index (χ1n) is 4.79. The van der Waals surface area contributed by atoms with Gasteiger partial charge in [-0.05, 0) is 13.0 Å². The van der Waals surface area contributed by atoms with Gasteiger partial charge in [-0.3, -0.25) is 4.39 Å². The Hall–Kier alpha value is -1.09. The van der Waals surface area contributed by atoms with Gasteiger partial charge in [0.05, 0.1) is 13.3 Å². The topological polar surface area (TPSA) is 35.2 Å². The van der Waals surface area contributed by atoms with Crippen molar-refractivity contribution < 1.29 is 9.13 Å². The van der Waals surface area contributed by atoms with Crippen molar-refractivity contribution in [1.82, 2.24) is 0 Å². The van der Waals surface area contributed by atoms with Gasteiger partial charge in [-0.2, -0.15) is 0 Å². The van der Waals surface area contributed by atoms with Gasteiger partial charge in [-0.15, -0.1) is 0 Å². The molecule has 78 valence electrons. The highest BCUT2D eigenvalue weighted by atomic mass is 19.1. The van der Waals surface area contributed by atoms with Gasteiger partial charge in [0.25, 0.3) is 0 Å². The van der Waals surface area contributed by atoms with Crippen LogP contribution in [0, 0.1) is 0 Å². The van der Waals surface area contributed by atoms with E-state index in [2.05, 4.69) is 0 Å². The Balaban J connectivity index is 2.64. The average Bonchev–Trinajstić information content (AvgIpc) is 2.19. The van der Waals surface area contributed by atoms with Crippen LogP contribution in [-0.4, -0.2) is 13.3 Å². The standard InChI is InChI=1S/C11H16FNO/c1-9(13)10-5-2-3-6-11(10)14-8-4-7-12/h2-3,5-6,9H,4,7-8,13H2,1H3/t9-/m1/s1. The van der Waals surface area contributed by atoms with Crippen LogP contribution < -0.4 is 10.5 Å². The molecule has 0 saturated carbocycles. The fourth-order valence-corrected chi connectivity index (χ4v) is 1.22. The summed E-state index contributed by atoms with van der Waals surface area (Å²) in [5.41, 5.74) is 6.73. The van der Waals surface area contributed by atoms with Crippen LogP contribution in [0.15, 0.2) is 24.3 Å². The Morgan fingerprint density at radius 3 is 2.79 bits per heavy atom. The van der Waals surface area contributed by atoms with E-state index >= 15 is 0 Å². The van der Waals surface area contributed by atoms with Crippen molar-refractivity contribution in [1.29, 1.82) is 0 Å². The SMILES string of the molecule is C[C@@H](N)c1ccccc1OCCCF. The molecule has 2 nitrogen and oxygen atoms in total. The van der Waals surface area contributed by atoms with Crippen LogP contribution in [0.5, 0.6) is 5.75 Å². The second kappa shape index (κ2) is 5.60. The predicted molar refractivity (Wildman–Crippen MR) is 55.1 cm³/mol. The minimum Gasteiger partial charge on any atom is -0.493 e. The van der Waals surface area contributed by atoms with E-state index in [0.717, 1.165) is 11.3 Å². The molecule has 0 saturated heterocycles. The summed E-state index contributed by atoms with van der Waals surface area (Å²) < 4.78 is 17.3. The van der Waals surface area contributed by atoms with Crippen molar-refractivity contribution in [3.05, 3.63) is 29.8 Å². The highest BCUT2D eigenvalue weighted by Crippen LogP contribution is 2.23. The molecule has 0 aliphatic rings. The van der Waals surface area contributed by atoms with Gasteiger partial charge >= 0.3 is 0 Å². The normalized spacial score (nSPS) is 12.5. The summed E-state index contributed by atoms with van der Waals surface area (Å²) in [6.07, 6.45) is 0.424.